The summed E-state index contributed by atoms with van der Waals surface area (Å²) in [6, 6.07) is -0.0740. The molecule has 2 heterocycles. The van der Waals surface area contributed by atoms with E-state index >= 15 is 0 Å². The lowest BCUT2D eigenvalue weighted by atomic mass is 9.98. The van der Waals surface area contributed by atoms with E-state index in [1.54, 1.807) is 0 Å². The summed E-state index contributed by atoms with van der Waals surface area (Å²) in [4.78, 5) is 22.6. The first-order valence-corrected chi connectivity index (χ1v) is 9.78. The number of ether oxygens (including phenoxy) is 1. The molecular weight excluding hydrogens is 338 g/mol. The Morgan fingerprint density at radius 2 is 2.16 bits per heavy atom. The molecule has 1 unspecified atom stereocenters. The Balaban J connectivity index is 1.87. The second-order valence-electron chi connectivity index (χ2n) is 6.56. The van der Waals surface area contributed by atoms with Crippen LogP contribution in [0.25, 0.3) is 10.2 Å². The lowest BCUT2D eigenvalue weighted by molar-refractivity contribution is 0.0216. The fraction of sp³-hybridized carbons (Fsp3) is 0.611. The number of nitrogens with one attached hydrogen (secondary N) is 1. The Morgan fingerprint density at radius 3 is 2.84 bits per heavy atom. The lowest BCUT2D eigenvalue weighted by Crippen LogP contribution is -2.23. The Bertz CT molecular complexity index is 736. The Hall–Kier alpha value is -1.73. The first kappa shape index (κ1) is 18.1. The number of fused-ring (bicyclic) bond motifs is 1. The van der Waals surface area contributed by atoms with Gasteiger partial charge in [0, 0.05) is 0 Å². The lowest BCUT2D eigenvalue weighted by Gasteiger charge is -2.21. The quantitative estimate of drug-likeness (QED) is 0.762. The fourth-order valence-electron chi connectivity index (χ4n) is 3.23. The van der Waals surface area contributed by atoms with Crippen LogP contribution in [-0.4, -0.2) is 39.8 Å². The van der Waals surface area contributed by atoms with Gasteiger partial charge in [-0.2, -0.15) is 0 Å². The third kappa shape index (κ3) is 3.93. The first-order valence-electron chi connectivity index (χ1n) is 8.96. The summed E-state index contributed by atoms with van der Waals surface area (Å²) < 4.78 is 5.71. The first-order chi connectivity index (χ1) is 12.1. The van der Waals surface area contributed by atoms with Crippen LogP contribution in [0.4, 0.5) is 5.82 Å². The van der Waals surface area contributed by atoms with Crippen LogP contribution < -0.4 is 5.32 Å². The van der Waals surface area contributed by atoms with E-state index in [0.29, 0.717) is 10.7 Å². The zero-order valence-electron chi connectivity index (χ0n) is 14.7. The average molecular weight is 363 g/mol. The van der Waals surface area contributed by atoms with E-state index in [4.69, 9.17) is 4.74 Å². The molecule has 1 aliphatic carbocycles. The van der Waals surface area contributed by atoms with Crippen LogP contribution in [0.5, 0.6) is 0 Å². The van der Waals surface area contributed by atoms with Crippen LogP contribution in [0, 0.1) is 6.92 Å². The van der Waals surface area contributed by atoms with Crippen molar-refractivity contribution in [3.05, 3.63) is 16.8 Å². The van der Waals surface area contributed by atoms with Gasteiger partial charge >= 0.3 is 5.97 Å². The molecule has 0 saturated heterocycles. The maximum atomic E-state index is 12.6. The number of aryl methyl sites for hydroxylation is 1. The van der Waals surface area contributed by atoms with Crippen molar-refractivity contribution >= 4 is 33.3 Å². The standard InChI is InChI=1S/C18H25N3O3S/c1-3-12(9-22)21-16-14-11(2)15(25-17(14)20-10-19-16)18(23)24-13-7-5-4-6-8-13/h10,12-13,22H,3-9H2,1-2H3,(H,19,20,21). The number of hydrogen-bond donors (Lipinski definition) is 2. The molecule has 3 rings (SSSR count). The number of hydrogen-bond acceptors (Lipinski definition) is 7. The predicted molar refractivity (Wildman–Crippen MR) is 99.2 cm³/mol. The van der Waals surface area contributed by atoms with Crippen molar-refractivity contribution in [3.63, 3.8) is 0 Å². The van der Waals surface area contributed by atoms with Crippen LogP contribution in [0.1, 0.15) is 60.7 Å². The number of nitrogens with zero attached hydrogens (tertiary/aromatic N) is 2. The zero-order chi connectivity index (χ0) is 17.8. The van der Waals surface area contributed by atoms with E-state index in [0.717, 1.165) is 47.9 Å². The smallest absolute Gasteiger partial charge is 0.348 e. The van der Waals surface area contributed by atoms with Gasteiger partial charge in [0.15, 0.2) is 0 Å². The topological polar surface area (TPSA) is 84.3 Å². The van der Waals surface area contributed by atoms with Crippen molar-refractivity contribution in [1.29, 1.82) is 0 Å². The number of aromatic nitrogens is 2. The van der Waals surface area contributed by atoms with Gasteiger partial charge in [-0.3, -0.25) is 0 Å². The minimum Gasteiger partial charge on any atom is -0.458 e. The molecule has 6 nitrogen and oxygen atoms in total. The van der Waals surface area contributed by atoms with E-state index in [1.807, 2.05) is 13.8 Å². The van der Waals surface area contributed by atoms with Crippen LogP contribution in [0.15, 0.2) is 6.33 Å². The number of carbonyl (C=O) groups is 1. The van der Waals surface area contributed by atoms with Crippen molar-refractivity contribution in [2.45, 2.75) is 64.5 Å². The molecular formula is C18H25N3O3S. The van der Waals surface area contributed by atoms with Gasteiger partial charge in [-0.05, 0) is 44.6 Å². The van der Waals surface area contributed by atoms with Gasteiger partial charge in [0.05, 0.1) is 18.0 Å². The van der Waals surface area contributed by atoms with Crippen molar-refractivity contribution in [3.8, 4) is 0 Å². The molecule has 2 aromatic heterocycles. The second-order valence-corrected chi connectivity index (χ2v) is 7.56. The number of rotatable bonds is 6. The summed E-state index contributed by atoms with van der Waals surface area (Å²) >= 11 is 1.35. The Kier molecular flexibility index (Phi) is 5.86. The Morgan fingerprint density at radius 1 is 1.40 bits per heavy atom. The highest BCUT2D eigenvalue weighted by molar-refractivity contribution is 7.20. The highest BCUT2D eigenvalue weighted by Crippen LogP contribution is 2.34. The van der Waals surface area contributed by atoms with Gasteiger partial charge in [0.25, 0.3) is 0 Å². The molecule has 1 aliphatic rings. The molecule has 0 aliphatic heterocycles. The molecule has 7 heteroatoms. The molecule has 1 saturated carbocycles. The molecule has 0 aromatic carbocycles. The summed E-state index contributed by atoms with van der Waals surface area (Å²) in [7, 11) is 0. The third-order valence-electron chi connectivity index (χ3n) is 4.79. The summed E-state index contributed by atoms with van der Waals surface area (Å²) in [6.45, 7) is 3.94. The van der Waals surface area contributed by atoms with Crippen LogP contribution >= 0.6 is 11.3 Å². The number of esters is 1. The van der Waals surface area contributed by atoms with Gasteiger partial charge in [0.2, 0.25) is 0 Å². The van der Waals surface area contributed by atoms with Gasteiger partial charge < -0.3 is 15.2 Å². The van der Waals surface area contributed by atoms with Crippen molar-refractivity contribution < 1.29 is 14.6 Å². The second kappa shape index (κ2) is 8.10. The number of aliphatic hydroxyl groups excluding tert-OH is 1. The maximum absolute atomic E-state index is 12.6. The minimum absolute atomic E-state index is 0.0295. The van der Waals surface area contributed by atoms with E-state index in [9.17, 15) is 9.90 Å². The van der Waals surface area contributed by atoms with E-state index in [-0.39, 0.29) is 24.7 Å². The van der Waals surface area contributed by atoms with Crippen molar-refractivity contribution in [1.82, 2.24) is 9.97 Å². The molecule has 136 valence electrons. The fourth-order valence-corrected chi connectivity index (χ4v) is 4.27. The number of aliphatic hydroxyl groups is 1. The number of thiophene rings is 1. The van der Waals surface area contributed by atoms with Crippen LogP contribution in [0.2, 0.25) is 0 Å². The maximum Gasteiger partial charge on any atom is 0.348 e. The average Bonchev–Trinajstić information content (AvgIpc) is 2.98. The molecule has 0 amide bonds. The van der Waals surface area contributed by atoms with Crippen molar-refractivity contribution in [2.75, 3.05) is 11.9 Å². The summed E-state index contributed by atoms with van der Waals surface area (Å²) in [5.74, 6) is 0.406. The van der Waals surface area contributed by atoms with E-state index in [1.165, 1.54) is 24.1 Å². The minimum atomic E-state index is -0.257. The van der Waals surface area contributed by atoms with Crippen LogP contribution in [-0.2, 0) is 4.74 Å². The van der Waals surface area contributed by atoms with Gasteiger partial charge in [-0.1, -0.05) is 13.3 Å². The third-order valence-corrected chi connectivity index (χ3v) is 5.97. The monoisotopic (exact) mass is 363 g/mol. The highest BCUT2D eigenvalue weighted by atomic mass is 32.1. The molecule has 2 aromatic rings. The van der Waals surface area contributed by atoms with E-state index < -0.39 is 0 Å². The number of carbonyl (C=O) groups excluding carboxylic acids is 1. The number of anilines is 1. The van der Waals surface area contributed by atoms with Crippen LogP contribution in [0.3, 0.4) is 0 Å². The predicted octanol–water partition coefficient (Wildman–Crippen LogP) is 3.67. The van der Waals surface area contributed by atoms with E-state index in [2.05, 4.69) is 15.3 Å². The molecule has 0 spiro atoms. The molecule has 0 bridgehead atoms. The summed E-state index contributed by atoms with van der Waals surface area (Å²) in [5.41, 5.74) is 0.844. The molecule has 1 atom stereocenters. The normalized spacial score (nSPS) is 16.8. The SMILES string of the molecule is CCC(CO)Nc1ncnc2sc(C(=O)OC3CCCCC3)c(C)c12. The zero-order valence-corrected chi connectivity index (χ0v) is 15.6. The molecule has 1 fully saturated rings. The largest absolute Gasteiger partial charge is 0.458 e. The molecule has 0 radical (unpaired) electrons. The molecule has 25 heavy (non-hydrogen) atoms. The van der Waals surface area contributed by atoms with Gasteiger partial charge in [-0.15, -0.1) is 11.3 Å². The van der Waals surface area contributed by atoms with Gasteiger partial charge in [0.1, 0.15) is 28.0 Å². The molecule has 2 N–H and O–H groups in total. The Labute approximate surface area is 151 Å². The summed E-state index contributed by atoms with van der Waals surface area (Å²) in [6.07, 6.45) is 7.69. The summed E-state index contributed by atoms with van der Waals surface area (Å²) in [5, 5.41) is 13.5. The van der Waals surface area contributed by atoms with Crippen molar-refractivity contribution in [2.24, 2.45) is 0 Å². The highest BCUT2D eigenvalue weighted by Gasteiger charge is 2.24. The van der Waals surface area contributed by atoms with Gasteiger partial charge in [-0.25, -0.2) is 14.8 Å².